The predicted molar refractivity (Wildman–Crippen MR) is 101 cm³/mol. The summed E-state index contributed by atoms with van der Waals surface area (Å²) in [5.41, 5.74) is 0.654. The Balaban J connectivity index is 1.86. The molecule has 118 valence electrons. The minimum atomic E-state index is -0.446. The molecule has 2 N–H and O–H groups in total. The highest BCUT2D eigenvalue weighted by Gasteiger charge is 2.21. The second-order valence-electron chi connectivity index (χ2n) is 5.22. The number of nitrogens with zero attached hydrogens (tertiary/aromatic N) is 1. The van der Waals surface area contributed by atoms with Gasteiger partial charge in [-0.1, -0.05) is 36.4 Å². The number of thiophene rings is 1. The Morgan fingerprint density at radius 3 is 2.58 bits per heavy atom. The van der Waals surface area contributed by atoms with Crippen molar-refractivity contribution in [1.29, 1.82) is 0 Å². The van der Waals surface area contributed by atoms with E-state index in [9.17, 15) is 9.90 Å². The van der Waals surface area contributed by atoms with Crippen LogP contribution in [-0.2, 0) is 0 Å². The first-order valence-electron chi connectivity index (χ1n) is 7.21. The smallest absolute Gasteiger partial charge is 0.278 e. The van der Waals surface area contributed by atoms with Gasteiger partial charge in [0.1, 0.15) is 4.60 Å². The molecule has 0 spiro atoms. The third kappa shape index (κ3) is 2.44. The number of pyridine rings is 1. The topological polar surface area (TPSA) is 62.2 Å². The number of benzene rings is 2. The van der Waals surface area contributed by atoms with E-state index in [4.69, 9.17) is 0 Å². The number of nitrogens with one attached hydrogen (secondary N) is 1. The Hall–Kier alpha value is -2.44. The zero-order chi connectivity index (χ0) is 16.7. The van der Waals surface area contributed by atoms with Crippen LogP contribution in [0.15, 0.2) is 59.2 Å². The first-order chi connectivity index (χ1) is 11.6. The summed E-state index contributed by atoms with van der Waals surface area (Å²) in [5.74, 6) is -0.540. The van der Waals surface area contributed by atoms with Gasteiger partial charge in [-0.05, 0) is 34.1 Å². The molecule has 2 aromatic carbocycles. The van der Waals surface area contributed by atoms with Gasteiger partial charge in [-0.3, -0.25) is 4.79 Å². The molecule has 0 radical (unpaired) electrons. The number of hydrogen-bond donors (Lipinski definition) is 2. The Morgan fingerprint density at radius 1 is 1.08 bits per heavy atom. The molecule has 0 saturated carbocycles. The number of aromatic nitrogens is 1. The summed E-state index contributed by atoms with van der Waals surface area (Å²) >= 11 is 4.88. The summed E-state index contributed by atoms with van der Waals surface area (Å²) < 4.78 is 2.23. The quantitative estimate of drug-likeness (QED) is 0.457. The third-order valence-corrected chi connectivity index (χ3v) is 5.45. The molecule has 0 aliphatic rings. The number of aromatic hydroxyl groups is 1. The Bertz CT molecular complexity index is 1080. The molecule has 0 fully saturated rings. The summed E-state index contributed by atoms with van der Waals surface area (Å²) in [6, 6.07) is 16.9. The van der Waals surface area contributed by atoms with Crippen molar-refractivity contribution >= 4 is 59.0 Å². The monoisotopic (exact) mass is 398 g/mol. The lowest BCUT2D eigenvalue weighted by molar-refractivity contribution is 0.101. The first kappa shape index (κ1) is 15.1. The van der Waals surface area contributed by atoms with Gasteiger partial charge in [0.25, 0.3) is 5.91 Å². The number of fused-ring (bicyclic) bond motifs is 3. The van der Waals surface area contributed by atoms with Crippen molar-refractivity contribution in [2.24, 2.45) is 0 Å². The maximum atomic E-state index is 12.5. The van der Waals surface area contributed by atoms with Crippen LogP contribution in [0.2, 0.25) is 0 Å². The lowest BCUT2D eigenvalue weighted by Gasteiger charge is -2.08. The molecule has 4 aromatic rings. The van der Waals surface area contributed by atoms with Crippen molar-refractivity contribution in [3.8, 4) is 5.75 Å². The first-order valence-corrected chi connectivity index (χ1v) is 8.82. The van der Waals surface area contributed by atoms with Crippen LogP contribution in [0.4, 0.5) is 5.69 Å². The van der Waals surface area contributed by atoms with E-state index < -0.39 is 5.91 Å². The highest BCUT2D eigenvalue weighted by molar-refractivity contribution is 9.10. The SMILES string of the molecule is O=C(Nc1ccccc1)c1nc(Br)c2c(sc3ccccc32)c1O. The molecule has 2 aromatic heterocycles. The second kappa shape index (κ2) is 5.89. The summed E-state index contributed by atoms with van der Waals surface area (Å²) in [6.45, 7) is 0. The van der Waals surface area contributed by atoms with Crippen LogP contribution >= 0.6 is 27.3 Å². The van der Waals surface area contributed by atoms with Gasteiger partial charge in [-0.25, -0.2) is 4.98 Å². The fourth-order valence-electron chi connectivity index (χ4n) is 2.60. The zero-order valence-electron chi connectivity index (χ0n) is 12.3. The highest BCUT2D eigenvalue weighted by atomic mass is 79.9. The molecule has 2 heterocycles. The standard InChI is InChI=1S/C18H11BrN2O2S/c19-17-13-11-8-4-5-9-12(11)24-16(13)15(22)14(21-17)18(23)20-10-6-2-1-3-7-10/h1-9,22H,(H,20,23). The number of rotatable bonds is 2. The molecule has 0 unspecified atom stereocenters. The van der Waals surface area contributed by atoms with Crippen LogP contribution in [0.3, 0.4) is 0 Å². The maximum absolute atomic E-state index is 12.5. The summed E-state index contributed by atoms with van der Waals surface area (Å²) in [5, 5.41) is 15.2. The molecule has 4 nitrogen and oxygen atoms in total. The van der Waals surface area contributed by atoms with Crippen molar-refractivity contribution in [3.05, 3.63) is 64.9 Å². The minimum absolute atomic E-state index is 0.00443. The number of para-hydroxylation sites is 1. The van der Waals surface area contributed by atoms with E-state index in [0.29, 0.717) is 15.0 Å². The molecule has 0 aliphatic carbocycles. The van der Waals surface area contributed by atoms with E-state index in [1.807, 2.05) is 42.5 Å². The van der Waals surface area contributed by atoms with Crippen molar-refractivity contribution in [1.82, 2.24) is 4.98 Å². The number of anilines is 1. The van der Waals surface area contributed by atoms with E-state index in [2.05, 4.69) is 26.2 Å². The number of amides is 1. The summed E-state index contributed by atoms with van der Waals surface area (Å²) in [7, 11) is 0. The maximum Gasteiger partial charge on any atom is 0.278 e. The van der Waals surface area contributed by atoms with Crippen molar-refractivity contribution in [2.45, 2.75) is 0 Å². The Kier molecular flexibility index (Phi) is 3.70. The van der Waals surface area contributed by atoms with E-state index in [0.717, 1.165) is 15.5 Å². The van der Waals surface area contributed by atoms with Crippen LogP contribution in [-0.4, -0.2) is 16.0 Å². The molecular formula is C18H11BrN2O2S. The Morgan fingerprint density at radius 2 is 1.79 bits per heavy atom. The summed E-state index contributed by atoms with van der Waals surface area (Å²) in [6.07, 6.45) is 0. The average Bonchev–Trinajstić information content (AvgIpc) is 2.99. The number of halogens is 1. The number of carbonyl (C=O) groups excluding carboxylic acids is 1. The summed E-state index contributed by atoms with van der Waals surface area (Å²) in [4.78, 5) is 16.8. The predicted octanol–water partition coefficient (Wildman–Crippen LogP) is 5.17. The molecule has 0 atom stereocenters. The highest BCUT2D eigenvalue weighted by Crippen LogP contribution is 2.43. The lowest BCUT2D eigenvalue weighted by Crippen LogP contribution is -2.14. The van der Waals surface area contributed by atoms with Gasteiger partial charge in [0.05, 0.1) is 4.70 Å². The van der Waals surface area contributed by atoms with Crippen LogP contribution < -0.4 is 5.32 Å². The lowest BCUT2D eigenvalue weighted by atomic mass is 10.1. The van der Waals surface area contributed by atoms with Gasteiger partial charge >= 0.3 is 0 Å². The van der Waals surface area contributed by atoms with Crippen LogP contribution in [0.5, 0.6) is 5.75 Å². The average molecular weight is 399 g/mol. The van der Waals surface area contributed by atoms with Gasteiger partial charge < -0.3 is 10.4 Å². The molecule has 0 aliphatic heterocycles. The van der Waals surface area contributed by atoms with Crippen molar-refractivity contribution < 1.29 is 9.90 Å². The van der Waals surface area contributed by atoms with Crippen LogP contribution in [0.1, 0.15) is 10.5 Å². The molecule has 1 amide bonds. The molecular weight excluding hydrogens is 388 g/mol. The van der Waals surface area contributed by atoms with E-state index in [-0.39, 0.29) is 11.4 Å². The van der Waals surface area contributed by atoms with Crippen LogP contribution in [0, 0.1) is 0 Å². The molecule has 0 saturated heterocycles. The van der Waals surface area contributed by atoms with Crippen molar-refractivity contribution in [3.63, 3.8) is 0 Å². The van der Waals surface area contributed by atoms with E-state index >= 15 is 0 Å². The Labute approximate surface area is 149 Å². The van der Waals surface area contributed by atoms with Gasteiger partial charge in [-0.15, -0.1) is 11.3 Å². The van der Waals surface area contributed by atoms with Crippen LogP contribution in [0.25, 0.3) is 20.2 Å². The molecule has 4 rings (SSSR count). The third-order valence-electron chi connectivity index (χ3n) is 3.70. The number of carbonyl (C=O) groups is 1. The molecule has 6 heteroatoms. The number of hydrogen-bond acceptors (Lipinski definition) is 4. The van der Waals surface area contributed by atoms with E-state index in [1.165, 1.54) is 11.3 Å². The van der Waals surface area contributed by atoms with Gasteiger partial charge in [0, 0.05) is 21.2 Å². The van der Waals surface area contributed by atoms with E-state index in [1.54, 1.807) is 12.1 Å². The molecule has 24 heavy (non-hydrogen) atoms. The molecule has 0 bridgehead atoms. The van der Waals surface area contributed by atoms with Gasteiger partial charge in [0.15, 0.2) is 11.4 Å². The zero-order valence-corrected chi connectivity index (χ0v) is 14.7. The fraction of sp³-hybridized carbons (Fsp3) is 0. The second-order valence-corrected chi connectivity index (χ2v) is 7.03. The van der Waals surface area contributed by atoms with Crippen molar-refractivity contribution in [2.75, 3.05) is 5.32 Å². The minimum Gasteiger partial charge on any atom is -0.504 e. The van der Waals surface area contributed by atoms with Gasteiger partial charge in [0.2, 0.25) is 0 Å². The normalized spacial score (nSPS) is 11.0. The van der Waals surface area contributed by atoms with Gasteiger partial charge in [-0.2, -0.15) is 0 Å². The fourth-order valence-corrected chi connectivity index (χ4v) is 4.47. The largest absolute Gasteiger partial charge is 0.504 e.